The molecule has 0 unspecified atom stereocenters. The highest BCUT2D eigenvalue weighted by atomic mass is 19.1. The molecule has 1 N–H and O–H groups in total. The Balaban J connectivity index is 1.55. The van der Waals surface area contributed by atoms with Crippen LogP contribution in [0.2, 0.25) is 0 Å². The Morgan fingerprint density at radius 2 is 2.00 bits per heavy atom. The summed E-state index contributed by atoms with van der Waals surface area (Å²) in [6, 6.07) is 12.1. The summed E-state index contributed by atoms with van der Waals surface area (Å²) in [5.41, 5.74) is 2.07. The van der Waals surface area contributed by atoms with E-state index >= 15 is 0 Å². The minimum atomic E-state index is -0.175. The van der Waals surface area contributed by atoms with E-state index in [9.17, 15) is 9.18 Å². The van der Waals surface area contributed by atoms with Crippen molar-refractivity contribution in [3.05, 3.63) is 82.4 Å². The molecule has 1 saturated heterocycles. The van der Waals surface area contributed by atoms with Crippen molar-refractivity contribution in [1.29, 1.82) is 0 Å². The Morgan fingerprint density at radius 3 is 2.81 bits per heavy atom. The highest BCUT2D eigenvalue weighted by Gasteiger charge is 2.24. The largest absolute Gasteiger partial charge is 0.310 e. The van der Waals surface area contributed by atoms with E-state index in [0.717, 1.165) is 31.5 Å². The molecule has 1 aliphatic heterocycles. The zero-order chi connectivity index (χ0) is 18.6. The van der Waals surface area contributed by atoms with Crippen LogP contribution in [-0.2, 0) is 6.54 Å². The monoisotopic (exact) mass is 364 g/mol. The van der Waals surface area contributed by atoms with E-state index in [0.29, 0.717) is 23.6 Å². The molecule has 1 aromatic carbocycles. The third-order valence-electron chi connectivity index (χ3n) is 4.98. The van der Waals surface area contributed by atoms with Crippen LogP contribution in [0.5, 0.6) is 0 Å². The van der Waals surface area contributed by atoms with E-state index in [1.165, 1.54) is 12.1 Å². The zero-order valence-electron chi connectivity index (χ0n) is 14.9. The Hall–Kier alpha value is -2.86. The van der Waals surface area contributed by atoms with Crippen LogP contribution in [-0.4, -0.2) is 32.9 Å². The van der Waals surface area contributed by atoms with Gasteiger partial charge in [-0.15, -0.1) is 0 Å². The van der Waals surface area contributed by atoms with Gasteiger partial charge in [0.1, 0.15) is 11.6 Å². The number of aromatic nitrogens is 3. The molecule has 0 radical (unpaired) electrons. The minimum Gasteiger partial charge on any atom is -0.310 e. The fourth-order valence-corrected chi connectivity index (χ4v) is 3.63. The van der Waals surface area contributed by atoms with E-state index in [4.69, 9.17) is 4.98 Å². The molecule has 0 spiro atoms. The molecule has 3 aromatic rings. The molecule has 1 aliphatic rings. The molecule has 0 saturated carbocycles. The molecule has 0 aliphatic carbocycles. The van der Waals surface area contributed by atoms with E-state index in [1.807, 2.05) is 24.3 Å². The summed E-state index contributed by atoms with van der Waals surface area (Å²) >= 11 is 0. The number of nitrogens with zero attached hydrogens (tertiary/aromatic N) is 3. The van der Waals surface area contributed by atoms with Crippen molar-refractivity contribution in [2.75, 3.05) is 13.1 Å². The lowest BCUT2D eigenvalue weighted by Crippen LogP contribution is -2.35. The number of halogens is 1. The number of nitrogens with one attached hydrogen (secondary N) is 1. The summed E-state index contributed by atoms with van der Waals surface area (Å²) < 4.78 is 14.0. The van der Waals surface area contributed by atoms with Gasteiger partial charge in [-0.25, -0.2) is 9.37 Å². The Kier molecular flexibility index (Phi) is 5.07. The van der Waals surface area contributed by atoms with Gasteiger partial charge in [-0.2, -0.15) is 0 Å². The van der Waals surface area contributed by atoms with Crippen molar-refractivity contribution >= 4 is 0 Å². The Labute approximate surface area is 156 Å². The number of hydrogen-bond acceptors (Lipinski definition) is 4. The van der Waals surface area contributed by atoms with Crippen molar-refractivity contribution in [2.24, 2.45) is 0 Å². The molecule has 2 aromatic heterocycles. The zero-order valence-corrected chi connectivity index (χ0v) is 14.9. The third kappa shape index (κ3) is 4.11. The molecule has 4 rings (SSSR count). The number of aromatic amines is 1. The van der Waals surface area contributed by atoms with E-state index < -0.39 is 0 Å². The highest BCUT2D eigenvalue weighted by molar-refractivity contribution is 5.57. The second-order valence-corrected chi connectivity index (χ2v) is 6.92. The molecule has 3 heterocycles. The molecule has 27 heavy (non-hydrogen) atoms. The van der Waals surface area contributed by atoms with Crippen LogP contribution < -0.4 is 5.56 Å². The maximum atomic E-state index is 14.0. The van der Waals surface area contributed by atoms with Crippen molar-refractivity contribution in [1.82, 2.24) is 19.9 Å². The molecular weight excluding hydrogens is 343 g/mol. The first-order chi connectivity index (χ1) is 13.2. The van der Waals surface area contributed by atoms with Crippen molar-refractivity contribution in [2.45, 2.75) is 25.3 Å². The first-order valence-corrected chi connectivity index (χ1v) is 9.16. The van der Waals surface area contributed by atoms with Gasteiger partial charge in [0.25, 0.3) is 5.56 Å². The van der Waals surface area contributed by atoms with Crippen LogP contribution in [0.1, 0.15) is 30.1 Å². The normalized spacial score (nSPS) is 17.7. The van der Waals surface area contributed by atoms with Crippen LogP contribution >= 0.6 is 0 Å². The van der Waals surface area contributed by atoms with Crippen molar-refractivity contribution in [3.63, 3.8) is 0 Å². The van der Waals surface area contributed by atoms with Crippen LogP contribution in [0.4, 0.5) is 4.39 Å². The van der Waals surface area contributed by atoms with Gasteiger partial charge in [-0.05, 0) is 37.6 Å². The average molecular weight is 364 g/mol. The summed E-state index contributed by atoms with van der Waals surface area (Å²) in [7, 11) is 0. The molecule has 1 fully saturated rings. The first-order valence-electron chi connectivity index (χ1n) is 9.16. The van der Waals surface area contributed by atoms with Gasteiger partial charge in [-0.3, -0.25) is 14.7 Å². The summed E-state index contributed by atoms with van der Waals surface area (Å²) in [5, 5.41) is 0. The van der Waals surface area contributed by atoms with E-state index in [2.05, 4.69) is 14.9 Å². The van der Waals surface area contributed by atoms with E-state index in [-0.39, 0.29) is 17.3 Å². The van der Waals surface area contributed by atoms with Crippen molar-refractivity contribution in [3.8, 4) is 11.3 Å². The molecule has 6 heteroatoms. The number of H-pyrrole nitrogens is 1. The molecule has 0 amide bonds. The fraction of sp³-hybridized carbons (Fsp3) is 0.286. The maximum Gasteiger partial charge on any atom is 0.251 e. The maximum absolute atomic E-state index is 14.0. The van der Waals surface area contributed by atoms with Gasteiger partial charge >= 0.3 is 0 Å². The van der Waals surface area contributed by atoms with Crippen LogP contribution in [0.25, 0.3) is 11.3 Å². The first kappa shape index (κ1) is 17.5. The highest BCUT2D eigenvalue weighted by Crippen LogP contribution is 2.26. The second kappa shape index (κ2) is 7.80. The quantitative estimate of drug-likeness (QED) is 0.771. The lowest BCUT2D eigenvalue weighted by Gasteiger charge is -2.32. The minimum absolute atomic E-state index is 0.125. The second-order valence-electron chi connectivity index (χ2n) is 6.92. The van der Waals surface area contributed by atoms with Crippen LogP contribution in [0.3, 0.4) is 0 Å². The van der Waals surface area contributed by atoms with Crippen molar-refractivity contribution < 1.29 is 4.39 Å². The van der Waals surface area contributed by atoms with Gasteiger partial charge in [0.2, 0.25) is 0 Å². The molecular formula is C21H21FN4O. The summed E-state index contributed by atoms with van der Waals surface area (Å²) in [4.78, 5) is 26.0. The van der Waals surface area contributed by atoms with Gasteiger partial charge < -0.3 is 4.98 Å². The van der Waals surface area contributed by atoms with Gasteiger partial charge in [0.15, 0.2) is 0 Å². The SMILES string of the molecule is O=c1cc(-c2ccncc2)nc([C@H]2CCCN(Cc3ccccc3F)C2)[nH]1. The number of rotatable bonds is 4. The molecule has 0 bridgehead atoms. The van der Waals surface area contributed by atoms with Gasteiger partial charge in [-0.1, -0.05) is 18.2 Å². The number of pyridine rings is 1. The number of likely N-dealkylation sites (tertiary alicyclic amines) is 1. The summed E-state index contributed by atoms with van der Waals surface area (Å²) in [6.07, 6.45) is 5.32. The lowest BCUT2D eigenvalue weighted by molar-refractivity contribution is 0.194. The third-order valence-corrected chi connectivity index (χ3v) is 4.98. The lowest BCUT2D eigenvalue weighted by atomic mass is 9.96. The van der Waals surface area contributed by atoms with Gasteiger partial charge in [0.05, 0.1) is 5.69 Å². The van der Waals surface area contributed by atoms with Crippen LogP contribution in [0, 0.1) is 5.82 Å². The summed E-state index contributed by atoms with van der Waals surface area (Å²) in [5.74, 6) is 0.651. The molecule has 138 valence electrons. The van der Waals surface area contributed by atoms with Gasteiger partial charge in [0, 0.05) is 48.6 Å². The topological polar surface area (TPSA) is 61.9 Å². The van der Waals surface area contributed by atoms with Crippen LogP contribution in [0.15, 0.2) is 59.7 Å². The number of piperidine rings is 1. The fourth-order valence-electron chi connectivity index (χ4n) is 3.63. The standard InChI is InChI=1S/C21H21FN4O/c22-18-6-2-1-4-16(18)13-26-11-3-5-17(14-26)21-24-19(12-20(27)25-21)15-7-9-23-10-8-15/h1-2,4,6-10,12,17H,3,5,11,13-14H2,(H,24,25,27)/t17-/m0/s1. The van der Waals surface area contributed by atoms with E-state index in [1.54, 1.807) is 18.5 Å². The molecule has 5 nitrogen and oxygen atoms in total. The average Bonchev–Trinajstić information content (AvgIpc) is 2.70. The Bertz CT molecular complexity index is 973. The Morgan fingerprint density at radius 1 is 1.19 bits per heavy atom. The number of hydrogen-bond donors (Lipinski definition) is 1. The number of benzene rings is 1. The predicted molar refractivity (Wildman–Crippen MR) is 102 cm³/mol. The molecule has 1 atom stereocenters. The summed E-state index contributed by atoms with van der Waals surface area (Å²) in [6.45, 7) is 2.23. The predicted octanol–water partition coefficient (Wildman–Crippen LogP) is 3.35. The smallest absolute Gasteiger partial charge is 0.251 e.